The Bertz CT molecular complexity index is 404. The van der Waals surface area contributed by atoms with Crippen LogP contribution in [0.4, 0.5) is 5.69 Å². The fraction of sp³-hybridized carbons (Fsp3) is 0.533. The standard InChI is InChI=1S/C15H23ClN2O.ClH/c1-12-7-6-8-13(2)15(12)17-14(19)11-18(3)10-5-4-9-16;/h6-8H,4-5,9-11H2,1-3H3,(H,17,19);1H. The quantitative estimate of drug-likeness (QED) is 0.479. The molecule has 0 bridgehead atoms. The summed E-state index contributed by atoms with van der Waals surface area (Å²) in [6, 6.07) is 6.03. The summed E-state index contributed by atoms with van der Waals surface area (Å²) in [5.74, 6) is 0.766. The Kier molecular flexibility index (Phi) is 9.64. The van der Waals surface area contributed by atoms with Crippen molar-refractivity contribution >= 4 is 23.2 Å². The second kappa shape index (κ2) is 10.0. The van der Waals surface area contributed by atoms with E-state index in [0.29, 0.717) is 12.4 Å². The van der Waals surface area contributed by atoms with Gasteiger partial charge in [-0.2, -0.15) is 0 Å². The molecular weight excluding hydrogens is 295 g/mol. The zero-order valence-corrected chi connectivity index (χ0v) is 13.9. The number of amides is 1. The molecule has 5 heteroatoms. The van der Waals surface area contributed by atoms with Gasteiger partial charge in [0, 0.05) is 11.6 Å². The van der Waals surface area contributed by atoms with Crippen molar-refractivity contribution < 1.29 is 22.1 Å². The average molecular weight is 319 g/mol. The van der Waals surface area contributed by atoms with Crippen LogP contribution in [-0.4, -0.2) is 31.9 Å². The van der Waals surface area contributed by atoms with Crippen molar-refractivity contribution in [2.45, 2.75) is 26.7 Å². The molecule has 0 radical (unpaired) electrons. The van der Waals surface area contributed by atoms with Crippen LogP contribution in [0.5, 0.6) is 0 Å². The number of nitrogens with one attached hydrogen (secondary N) is 2. The van der Waals surface area contributed by atoms with Crippen molar-refractivity contribution in [3.8, 4) is 0 Å². The van der Waals surface area contributed by atoms with Gasteiger partial charge < -0.3 is 22.6 Å². The minimum atomic E-state index is 0. The van der Waals surface area contributed by atoms with Crippen LogP contribution in [0.15, 0.2) is 18.2 Å². The van der Waals surface area contributed by atoms with Crippen molar-refractivity contribution in [2.24, 2.45) is 0 Å². The van der Waals surface area contributed by atoms with E-state index >= 15 is 0 Å². The smallest absolute Gasteiger partial charge is 0.279 e. The largest absolute Gasteiger partial charge is 1.00 e. The van der Waals surface area contributed by atoms with Gasteiger partial charge in [0.2, 0.25) is 0 Å². The van der Waals surface area contributed by atoms with E-state index in [9.17, 15) is 4.79 Å². The number of hydrogen-bond donors (Lipinski definition) is 2. The molecule has 20 heavy (non-hydrogen) atoms. The molecule has 1 aromatic rings. The molecule has 1 atom stereocenters. The third-order valence-corrected chi connectivity index (χ3v) is 3.46. The number of halogens is 2. The molecule has 114 valence electrons. The fourth-order valence-corrected chi connectivity index (χ4v) is 2.27. The fourth-order valence-electron chi connectivity index (χ4n) is 2.08. The topological polar surface area (TPSA) is 33.5 Å². The summed E-state index contributed by atoms with van der Waals surface area (Å²) in [6.45, 7) is 5.50. The summed E-state index contributed by atoms with van der Waals surface area (Å²) in [5.41, 5.74) is 3.15. The lowest BCUT2D eigenvalue weighted by atomic mass is 10.1. The molecule has 2 N–H and O–H groups in total. The third kappa shape index (κ3) is 6.60. The summed E-state index contributed by atoms with van der Waals surface area (Å²) in [7, 11) is 2.04. The van der Waals surface area contributed by atoms with Crippen LogP contribution in [-0.2, 0) is 4.79 Å². The van der Waals surface area contributed by atoms with E-state index < -0.39 is 0 Å². The number of carbonyl (C=O) groups is 1. The number of likely N-dealkylation sites (N-methyl/N-ethyl adjacent to an activating group) is 1. The van der Waals surface area contributed by atoms with E-state index in [2.05, 4.69) is 5.32 Å². The van der Waals surface area contributed by atoms with Gasteiger partial charge in [-0.15, -0.1) is 11.6 Å². The molecule has 1 unspecified atom stereocenters. The van der Waals surface area contributed by atoms with Crippen LogP contribution in [0.3, 0.4) is 0 Å². The highest BCUT2D eigenvalue weighted by Gasteiger charge is 2.12. The molecule has 0 saturated heterocycles. The van der Waals surface area contributed by atoms with Gasteiger partial charge in [-0.3, -0.25) is 4.79 Å². The molecule has 1 amide bonds. The SMILES string of the molecule is Cc1cccc(C)c1NC(=O)C[NH+](C)CCCCCl.[Cl-]. The first-order valence-electron chi connectivity index (χ1n) is 6.78. The van der Waals surface area contributed by atoms with Crippen molar-refractivity contribution in [1.29, 1.82) is 0 Å². The van der Waals surface area contributed by atoms with E-state index in [1.165, 1.54) is 4.90 Å². The van der Waals surface area contributed by atoms with Gasteiger partial charge in [-0.05, 0) is 37.8 Å². The normalized spacial score (nSPS) is 11.6. The summed E-state index contributed by atoms with van der Waals surface area (Å²) >= 11 is 5.64. The molecular formula is C15H24Cl2N2O. The van der Waals surface area contributed by atoms with Gasteiger partial charge in [0.15, 0.2) is 6.54 Å². The van der Waals surface area contributed by atoms with E-state index in [1.54, 1.807) is 0 Å². The predicted octanol–water partition coefficient (Wildman–Crippen LogP) is -1.22. The lowest BCUT2D eigenvalue weighted by molar-refractivity contribution is -0.871. The molecule has 0 aliphatic heterocycles. The molecule has 0 saturated carbocycles. The van der Waals surface area contributed by atoms with Crippen molar-refractivity contribution in [1.82, 2.24) is 0 Å². The number of rotatable bonds is 7. The maximum atomic E-state index is 12.0. The van der Waals surface area contributed by atoms with Crippen LogP contribution in [0, 0.1) is 13.8 Å². The Labute approximate surface area is 133 Å². The van der Waals surface area contributed by atoms with E-state index in [1.807, 2.05) is 39.1 Å². The van der Waals surface area contributed by atoms with Crippen LogP contribution >= 0.6 is 11.6 Å². The third-order valence-electron chi connectivity index (χ3n) is 3.20. The molecule has 0 fully saturated rings. The Morgan fingerprint density at radius 1 is 1.25 bits per heavy atom. The van der Waals surface area contributed by atoms with Crippen LogP contribution in [0.2, 0.25) is 0 Å². The van der Waals surface area contributed by atoms with Gasteiger partial charge >= 0.3 is 0 Å². The van der Waals surface area contributed by atoms with Gasteiger partial charge in [0.25, 0.3) is 5.91 Å². The Morgan fingerprint density at radius 2 is 1.85 bits per heavy atom. The van der Waals surface area contributed by atoms with Crippen molar-refractivity contribution in [3.63, 3.8) is 0 Å². The zero-order chi connectivity index (χ0) is 14.3. The number of anilines is 1. The van der Waals surface area contributed by atoms with Crippen molar-refractivity contribution in [2.75, 3.05) is 31.3 Å². The number of aryl methyl sites for hydroxylation is 2. The first-order chi connectivity index (χ1) is 9.04. The minimum absolute atomic E-state index is 0. The number of para-hydroxylation sites is 1. The van der Waals surface area contributed by atoms with Gasteiger partial charge in [0.1, 0.15) is 0 Å². The first kappa shape index (κ1) is 19.2. The highest BCUT2D eigenvalue weighted by molar-refractivity contribution is 6.17. The molecule has 0 aliphatic carbocycles. The highest BCUT2D eigenvalue weighted by Crippen LogP contribution is 2.18. The number of unbranched alkanes of at least 4 members (excludes halogenated alkanes) is 1. The monoisotopic (exact) mass is 318 g/mol. The van der Waals surface area contributed by atoms with E-state index in [4.69, 9.17) is 11.6 Å². The number of hydrogen-bond acceptors (Lipinski definition) is 1. The Balaban J connectivity index is 0.00000361. The lowest BCUT2D eigenvalue weighted by Crippen LogP contribution is -3.10. The maximum absolute atomic E-state index is 12.0. The van der Waals surface area contributed by atoms with E-state index in [-0.39, 0.29) is 18.3 Å². The number of benzene rings is 1. The summed E-state index contributed by atoms with van der Waals surface area (Å²) < 4.78 is 0. The van der Waals surface area contributed by atoms with Crippen LogP contribution in [0.25, 0.3) is 0 Å². The van der Waals surface area contributed by atoms with Crippen molar-refractivity contribution in [3.05, 3.63) is 29.3 Å². The summed E-state index contributed by atoms with van der Waals surface area (Å²) in [6.07, 6.45) is 2.07. The Hall–Kier alpha value is -0.770. The molecule has 0 spiro atoms. The predicted molar refractivity (Wildman–Crippen MR) is 81.1 cm³/mol. The number of alkyl halides is 1. The van der Waals surface area contributed by atoms with Crippen LogP contribution in [0.1, 0.15) is 24.0 Å². The molecule has 0 heterocycles. The number of quaternary nitrogens is 1. The summed E-state index contributed by atoms with van der Waals surface area (Å²) in [4.78, 5) is 13.2. The van der Waals surface area contributed by atoms with Gasteiger partial charge in [0.05, 0.1) is 13.6 Å². The second-order valence-corrected chi connectivity index (χ2v) is 5.47. The average Bonchev–Trinajstić information content (AvgIpc) is 2.34. The molecule has 1 rings (SSSR count). The molecule has 3 nitrogen and oxygen atoms in total. The molecule has 1 aromatic carbocycles. The molecule has 0 aromatic heterocycles. The highest BCUT2D eigenvalue weighted by atomic mass is 35.5. The molecule has 0 aliphatic rings. The maximum Gasteiger partial charge on any atom is 0.279 e. The minimum Gasteiger partial charge on any atom is -1.00 e. The number of carbonyl (C=O) groups excluding carboxylic acids is 1. The Morgan fingerprint density at radius 3 is 2.40 bits per heavy atom. The van der Waals surface area contributed by atoms with Crippen LogP contribution < -0.4 is 22.6 Å². The zero-order valence-electron chi connectivity index (χ0n) is 12.4. The summed E-state index contributed by atoms with van der Waals surface area (Å²) in [5, 5.41) is 3.01. The first-order valence-corrected chi connectivity index (χ1v) is 7.31. The van der Waals surface area contributed by atoms with E-state index in [0.717, 1.165) is 36.2 Å². The van der Waals surface area contributed by atoms with Gasteiger partial charge in [-0.1, -0.05) is 18.2 Å². The second-order valence-electron chi connectivity index (χ2n) is 5.09. The lowest BCUT2D eigenvalue weighted by Gasteiger charge is -2.15. The van der Waals surface area contributed by atoms with Gasteiger partial charge in [-0.25, -0.2) is 0 Å².